The van der Waals surface area contributed by atoms with Crippen LogP contribution in [0.15, 0.2) is 41.8 Å². The number of hydrogen-bond donors (Lipinski definition) is 0. The third kappa shape index (κ3) is 3.44. The van der Waals surface area contributed by atoms with Crippen LogP contribution in [0, 0.1) is 0 Å². The molecular weight excluding hydrogens is 326 g/mol. The maximum absolute atomic E-state index is 12.1. The Kier molecular flexibility index (Phi) is 4.57. The zero-order valence-electron chi connectivity index (χ0n) is 13.0. The molecule has 0 unspecified atom stereocenters. The lowest BCUT2D eigenvalue weighted by Crippen LogP contribution is -2.20. The largest absolute Gasteiger partial charge is 0.454 e. The fourth-order valence-electron chi connectivity index (χ4n) is 2.45. The summed E-state index contributed by atoms with van der Waals surface area (Å²) in [5, 5.41) is 1.91. The van der Waals surface area contributed by atoms with Crippen molar-refractivity contribution in [2.75, 3.05) is 18.6 Å². The predicted molar refractivity (Wildman–Crippen MR) is 92.2 cm³/mol. The lowest BCUT2D eigenvalue weighted by atomic mass is 10.1. The molecule has 0 fully saturated rings. The van der Waals surface area contributed by atoms with E-state index in [1.165, 1.54) is 17.4 Å². The topological polar surface area (TPSA) is 63.7 Å². The fourth-order valence-corrected chi connectivity index (χ4v) is 3.07. The van der Waals surface area contributed by atoms with Crippen LogP contribution in [0.4, 0.5) is 5.69 Å². The van der Waals surface area contributed by atoms with Crippen LogP contribution in [0.3, 0.4) is 0 Å². The number of benzene rings is 1. The van der Waals surface area contributed by atoms with Crippen LogP contribution in [0.5, 0.6) is 0 Å². The van der Waals surface area contributed by atoms with Crippen LogP contribution >= 0.6 is 11.3 Å². The Balaban J connectivity index is 1.59. The summed E-state index contributed by atoms with van der Waals surface area (Å²) in [7, 11) is 1.71. The van der Waals surface area contributed by atoms with E-state index in [-0.39, 0.29) is 24.7 Å². The van der Waals surface area contributed by atoms with Gasteiger partial charge >= 0.3 is 5.97 Å². The van der Waals surface area contributed by atoms with E-state index in [0.717, 1.165) is 16.1 Å². The van der Waals surface area contributed by atoms with Gasteiger partial charge in [-0.1, -0.05) is 6.07 Å². The van der Waals surface area contributed by atoms with Crippen molar-refractivity contribution in [2.45, 2.75) is 6.42 Å². The monoisotopic (exact) mass is 341 g/mol. The summed E-state index contributed by atoms with van der Waals surface area (Å²) in [6, 6.07) is 8.84. The Morgan fingerprint density at radius 3 is 2.92 bits per heavy atom. The van der Waals surface area contributed by atoms with Gasteiger partial charge in [-0.15, -0.1) is 11.3 Å². The van der Waals surface area contributed by atoms with Crippen molar-refractivity contribution in [3.8, 4) is 0 Å². The number of carbonyl (C=O) groups is 3. The maximum Gasteiger partial charge on any atom is 0.331 e. The minimum atomic E-state index is -0.562. The molecule has 1 aromatic heterocycles. The third-order valence-electron chi connectivity index (χ3n) is 3.75. The van der Waals surface area contributed by atoms with E-state index in [1.807, 2.05) is 17.5 Å². The smallest absolute Gasteiger partial charge is 0.331 e. The summed E-state index contributed by atoms with van der Waals surface area (Å²) < 4.78 is 4.97. The lowest BCUT2D eigenvalue weighted by molar-refractivity contribution is -0.136. The van der Waals surface area contributed by atoms with Gasteiger partial charge in [0, 0.05) is 29.3 Å². The molecule has 0 saturated heterocycles. The van der Waals surface area contributed by atoms with Gasteiger partial charge in [0.25, 0.3) is 0 Å². The van der Waals surface area contributed by atoms with Crippen molar-refractivity contribution in [1.29, 1.82) is 0 Å². The number of ether oxygens (including phenoxy) is 1. The van der Waals surface area contributed by atoms with Gasteiger partial charge in [-0.25, -0.2) is 4.79 Å². The molecule has 5 nitrogen and oxygen atoms in total. The summed E-state index contributed by atoms with van der Waals surface area (Å²) in [5.74, 6) is -0.856. The number of Topliss-reactive ketones (excluding diaryl/α,β-unsaturated/α-hetero) is 1. The minimum absolute atomic E-state index is 0.000240. The van der Waals surface area contributed by atoms with Crippen LogP contribution in [-0.4, -0.2) is 31.3 Å². The van der Waals surface area contributed by atoms with Gasteiger partial charge in [0.1, 0.15) is 0 Å². The van der Waals surface area contributed by atoms with E-state index in [9.17, 15) is 14.4 Å². The highest BCUT2D eigenvalue weighted by molar-refractivity contribution is 7.10. The zero-order chi connectivity index (χ0) is 17.1. The average Bonchev–Trinajstić information content (AvgIpc) is 3.19. The summed E-state index contributed by atoms with van der Waals surface area (Å²) in [5.41, 5.74) is 2.07. The van der Waals surface area contributed by atoms with Crippen molar-refractivity contribution in [2.24, 2.45) is 0 Å². The van der Waals surface area contributed by atoms with Crippen molar-refractivity contribution in [3.05, 3.63) is 57.8 Å². The molecule has 0 aliphatic carbocycles. The number of likely N-dealkylation sites (N-methyl/N-ethyl adjacent to an activating group) is 1. The first kappa shape index (κ1) is 16.1. The van der Waals surface area contributed by atoms with Crippen LogP contribution in [0.25, 0.3) is 6.08 Å². The molecule has 2 heterocycles. The maximum atomic E-state index is 12.1. The molecule has 6 heteroatoms. The molecule has 3 rings (SSSR count). The summed E-state index contributed by atoms with van der Waals surface area (Å²) in [4.78, 5) is 38.0. The molecule has 1 aromatic carbocycles. The highest BCUT2D eigenvalue weighted by atomic mass is 32.1. The van der Waals surface area contributed by atoms with Gasteiger partial charge in [0.2, 0.25) is 5.91 Å². The van der Waals surface area contributed by atoms with E-state index in [4.69, 9.17) is 4.74 Å². The molecular formula is C18H15NO4S. The molecule has 0 saturated carbocycles. The van der Waals surface area contributed by atoms with Crippen LogP contribution in [0.1, 0.15) is 20.8 Å². The molecule has 0 N–H and O–H groups in total. The number of rotatable bonds is 5. The molecule has 122 valence electrons. The SMILES string of the molecule is CN1C(=O)Cc2cc(C(=O)COC(=O)/C=C/c3cccs3)ccc21. The summed E-state index contributed by atoms with van der Waals surface area (Å²) in [6.07, 6.45) is 3.24. The Morgan fingerprint density at radius 2 is 2.17 bits per heavy atom. The molecule has 24 heavy (non-hydrogen) atoms. The normalized spacial score (nSPS) is 13.4. The molecule has 0 bridgehead atoms. The van der Waals surface area contributed by atoms with Gasteiger partial charge in [0.15, 0.2) is 12.4 Å². The van der Waals surface area contributed by atoms with E-state index in [0.29, 0.717) is 5.56 Å². The molecule has 2 aromatic rings. The average molecular weight is 341 g/mol. The number of carbonyl (C=O) groups excluding carboxylic acids is 3. The summed E-state index contributed by atoms with van der Waals surface area (Å²) in [6.45, 7) is -0.323. The van der Waals surface area contributed by atoms with Crippen LogP contribution in [-0.2, 0) is 20.7 Å². The van der Waals surface area contributed by atoms with E-state index >= 15 is 0 Å². The standard InChI is InChI=1S/C18H15NO4S/c1-19-15-6-4-12(9-13(15)10-17(19)21)16(20)11-23-18(22)7-5-14-3-2-8-24-14/h2-9H,10-11H2,1H3/b7-5+. The van der Waals surface area contributed by atoms with Crippen molar-refractivity contribution >= 4 is 40.8 Å². The Hall–Kier alpha value is -2.73. The number of esters is 1. The van der Waals surface area contributed by atoms with Gasteiger partial charge in [-0.2, -0.15) is 0 Å². The molecule has 1 amide bonds. The van der Waals surface area contributed by atoms with E-state index in [2.05, 4.69) is 0 Å². The zero-order valence-corrected chi connectivity index (χ0v) is 13.8. The number of amides is 1. The van der Waals surface area contributed by atoms with Gasteiger partial charge in [0.05, 0.1) is 6.42 Å². The molecule has 0 spiro atoms. The predicted octanol–water partition coefficient (Wildman–Crippen LogP) is 2.71. The second-order valence-electron chi connectivity index (χ2n) is 5.35. The number of nitrogens with zero attached hydrogens (tertiary/aromatic N) is 1. The number of fused-ring (bicyclic) bond motifs is 1. The second-order valence-corrected chi connectivity index (χ2v) is 6.33. The quantitative estimate of drug-likeness (QED) is 0.476. The molecule has 0 atom stereocenters. The van der Waals surface area contributed by atoms with Crippen molar-refractivity contribution < 1.29 is 19.1 Å². The Bertz CT molecular complexity index is 824. The Labute approximate surface area is 143 Å². The first-order chi connectivity index (χ1) is 11.5. The van der Waals surface area contributed by atoms with E-state index in [1.54, 1.807) is 36.2 Å². The van der Waals surface area contributed by atoms with Crippen molar-refractivity contribution in [3.63, 3.8) is 0 Å². The van der Waals surface area contributed by atoms with Crippen LogP contribution in [0.2, 0.25) is 0 Å². The van der Waals surface area contributed by atoms with Gasteiger partial charge < -0.3 is 9.64 Å². The molecule has 1 aliphatic heterocycles. The highest BCUT2D eigenvalue weighted by Crippen LogP contribution is 2.28. The molecule has 1 aliphatic rings. The number of thiophene rings is 1. The number of ketones is 1. The minimum Gasteiger partial charge on any atom is -0.454 e. The first-order valence-electron chi connectivity index (χ1n) is 7.35. The summed E-state index contributed by atoms with van der Waals surface area (Å²) >= 11 is 1.50. The van der Waals surface area contributed by atoms with Crippen LogP contribution < -0.4 is 4.90 Å². The lowest BCUT2D eigenvalue weighted by Gasteiger charge is -2.10. The number of anilines is 1. The fraction of sp³-hybridized carbons (Fsp3) is 0.167. The molecule has 0 radical (unpaired) electrons. The van der Waals surface area contributed by atoms with Crippen molar-refractivity contribution in [1.82, 2.24) is 0 Å². The van der Waals surface area contributed by atoms with E-state index < -0.39 is 5.97 Å². The van der Waals surface area contributed by atoms with Gasteiger partial charge in [-0.3, -0.25) is 9.59 Å². The number of hydrogen-bond acceptors (Lipinski definition) is 5. The van der Waals surface area contributed by atoms with Gasteiger partial charge in [-0.05, 0) is 41.3 Å². The highest BCUT2D eigenvalue weighted by Gasteiger charge is 2.24. The Morgan fingerprint density at radius 1 is 1.33 bits per heavy atom. The third-order valence-corrected chi connectivity index (χ3v) is 4.59. The second kappa shape index (κ2) is 6.80. The first-order valence-corrected chi connectivity index (χ1v) is 8.23.